The highest BCUT2D eigenvalue weighted by atomic mass is 16.5. The second-order valence-corrected chi connectivity index (χ2v) is 7.21. The zero-order chi connectivity index (χ0) is 19.6. The van der Waals surface area contributed by atoms with Crippen molar-refractivity contribution in [1.29, 1.82) is 0 Å². The summed E-state index contributed by atoms with van der Waals surface area (Å²) in [5.41, 5.74) is 0.497. The molecule has 0 amide bonds. The first-order valence-corrected chi connectivity index (χ1v) is 10.2. The zero-order valence-corrected chi connectivity index (χ0v) is 16.6. The Morgan fingerprint density at radius 1 is 0.893 bits per heavy atom. The number of esters is 1. The number of hydrogen-bond donors (Lipinski definition) is 0. The number of benzene rings is 2. The number of rotatable bonds is 9. The van der Waals surface area contributed by atoms with Gasteiger partial charge < -0.3 is 14.2 Å². The first-order valence-electron chi connectivity index (χ1n) is 10.2. The summed E-state index contributed by atoms with van der Waals surface area (Å²) in [6.45, 7) is 3.56. The molecule has 0 saturated heterocycles. The molecule has 0 N–H and O–H groups in total. The van der Waals surface area contributed by atoms with Gasteiger partial charge in [0.05, 0.1) is 18.8 Å². The molecular formula is C24H29O4. The van der Waals surface area contributed by atoms with Gasteiger partial charge in [-0.15, -0.1) is 0 Å². The van der Waals surface area contributed by atoms with Gasteiger partial charge in [0.15, 0.2) is 0 Å². The largest absolute Gasteiger partial charge is 0.494 e. The van der Waals surface area contributed by atoms with Crippen molar-refractivity contribution in [3.63, 3.8) is 0 Å². The molecule has 1 aliphatic rings. The molecule has 0 aromatic heterocycles. The monoisotopic (exact) mass is 381 g/mol. The summed E-state index contributed by atoms with van der Waals surface area (Å²) in [5, 5.41) is 0. The number of ether oxygens (including phenoxy) is 3. The van der Waals surface area contributed by atoms with Crippen LogP contribution >= 0.6 is 0 Å². The van der Waals surface area contributed by atoms with Gasteiger partial charge in [-0.25, -0.2) is 4.79 Å². The molecule has 0 spiro atoms. The van der Waals surface area contributed by atoms with Crippen molar-refractivity contribution >= 4 is 5.97 Å². The third kappa shape index (κ3) is 6.29. The highest BCUT2D eigenvalue weighted by Gasteiger charge is 2.14. The van der Waals surface area contributed by atoms with E-state index in [0.717, 1.165) is 30.9 Å². The third-order valence-electron chi connectivity index (χ3n) is 4.93. The fourth-order valence-electron chi connectivity index (χ4n) is 3.17. The van der Waals surface area contributed by atoms with E-state index in [1.807, 2.05) is 12.1 Å². The number of hydrogen-bond acceptors (Lipinski definition) is 4. The number of carbonyl (C=O) groups is 1. The molecule has 2 aromatic carbocycles. The van der Waals surface area contributed by atoms with Crippen molar-refractivity contribution in [2.24, 2.45) is 5.92 Å². The van der Waals surface area contributed by atoms with E-state index in [1.54, 1.807) is 36.4 Å². The maximum atomic E-state index is 12.3. The molecule has 1 saturated carbocycles. The molecule has 1 aliphatic carbocycles. The Morgan fingerprint density at radius 3 is 2.18 bits per heavy atom. The van der Waals surface area contributed by atoms with Crippen molar-refractivity contribution in [2.45, 2.75) is 45.4 Å². The first kappa shape index (κ1) is 20.2. The Hall–Kier alpha value is -2.49. The van der Waals surface area contributed by atoms with Crippen molar-refractivity contribution in [2.75, 3.05) is 13.2 Å². The predicted molar refractivity (Wildman–Crippen MR) is 110 cm³/mol. The molecule has 149 valence electrons. The fourth-order valence-corrected chi connectivity index (χ4v) is 3.17. The van der Waals surface area contributed by atoms with E-state index in [-0.39, 0.29) is 5.97 Å². The summed E-state index contributed by atoms with van der Waals surface area (Å²) in [6.07, 6.45) is 9.25. The lowest BCUT2D eigenvalue weighted by Gasteiger charge is -2.21. The van der Waals surface area contributed by atoms with Crippen molar-refractivity contribution < 1.29 is 19.0 Å². The average molecular weight is 381 g/mol. The van der Waals surface area contributed by atoms with Crippen LogP contribution in [0, 0.1) is 12.3 Å². The Bertz CT molecular complexity index is 715. The second kappa shape index (κ2) is 10.7. The van der Waals surface area contributed by atoms with Crippen LogP contribution in [0.4, 0.5) is 0 Å². The van der Waals surface area contributed by atoms with Crippen LogP contribution in [-0.4, -0.2) is 19.2 Å². The Kier molecular flexibility index (Phi) is 7.77. The lowest BCUT2D eigenvalue weighted by atomic mass is 9.90. The molecule has 1 fully saturated rings. The summed E-state index contributed by atoms with van der Waals surface area (Å²) >= 11 is 0. The van der Waals surface area contributed by atoms with Crippen molar-refractivity contribution in [1.82, 2.24) is 0 Å². The van der Waals surface area contributed by atoms with Crippen LogP contribution in [0.3, 0.4) is 0 Å². The molecule has 0 bridgehead atoms. The van der Waals surface area contributed by atoms with Crippen molar-refractivity contribution in [3.05, 3.63) is 60.5 Å². The standard InChI is InChI=1S/C24H29O4/c1-2-3-17-26-21-11-9-20(10-12-21)24(25)28-23-15-13-22(14-16-23)27-18-19-7-5-4-6-8-19/h4,9-16,19H,2-3,5-8,17-18H2,1H3. The van der Waals surface area contributed by atoms with E-state index >= 15 is 0 Å². The lowest BCUT2D eigenvalue weighted by molar-refractivity contribution is 0.0734. The number of carbonyl (C=O) groups excluding carboxylic acids is 1. The second-order valence-electron chi connectivity index (χ2n) is 7.21. The van der Waals surface area contributed by atoms with Crippen LogP contribution in [0.1, 0.15) is 55.8 Å². The Labute approximate surface area is 167 Å². The summed E-state index contributed by atoms with van der Waals surface area (Å²) in [5.74, 6) is 2.34. The van der Waals surface area contributed by atoms with E-state index in [0.29, 0.717) is 23.8 Å². The van der Waals surface area contributed by atoms with Gasteiger partial charge in [0.2, 0.25) is 0 Å². The Balaban J connectivity index is 1.47. The quantitative estimate of drug-likeness (QED) is 0.310. The maximum Gasteiger partial charge on any atom is 0.343 e. The van der Waals surface area contributed by atoms with E-state index in [9.17, 15) is 4.79 Å². The molecule has 2 aromatic rings. The molecule has 0 unspecified atom stereocenters. The number of unbranched alkanes of at least 4 members (excludes halogenated alkanes) is 1. The SMILES string of the molecule is CCCCOc1ccc(C(=O)Oc2ccc(OCC3CC[CH]CC3)cc2)cc1. The third-order valence-corrected chi connectivity index (χ3v) is 4.93. The normalized spacial score (nSPS) is 14.5. The molecule has 0 aliphatic heterocycles. The van der Waals surface area contributed by atoms with Crippen LogP contribution < -0.4 is 14.2 Å². The van der Waals surface area contributed by atoms with Crippen LogP contribution in [0.25, 0.3) is 0 Å². The summed E-state index contributed by atoms with van der Waals surface area (Å²) in [7, 11) is 0. The first-order chi connectivity index (χ1) is 13.7. The summed E-state index contributed by atoms with van der Waals surface area (Å²) in [6, 6.07) is 14.3. The topological polar surface area (TPSA) is 44.8 Å². The molecule has 0 atom stereocenters. The highest BCUT2D eigenvalue weighted by Crippen LogP contribution is 2.25. The minimum Gasteiger partial charge on any atom is -0.494 e. The van der Waals surface area contributed by atoms with Gasteiger partial charge in [0, 0.05) is 0 Å². The van der Waals surface area contributed by atoms with E-state index < -0.39 is 0 Å². The van der Waals surface area contributed by atoms with E-state index in [1.165, 1.54) is 25.7 Å². The predicted octanol–water partition coefficient (Wildman–Crippen LogP) is 5.86. The van der Waals surface area contributed by atoms with E-state index in [2.05, 4.69) is 13.3 Å². The Morgan fingerprint density at radius 2 is 1.50 bits per heavy atom. The zero-order valence-electron chi connectivity index (χ0n) is 16.6. The summed E-state index contributed by atoms with van der Waals surface area (Å²) in [4.78, 5) is 12.3. The van der Waals surface area contributed by atoms with Gasteiger partial charge in [-0.1, -0.05) is 13.3 Å². The van der Waals surface area contributed by atoms with Gasteiger partial charge >= 0.3 is 5.97 Å². The van der Waals surface area contributed by atoms with E-state index in [4.69, 9.17) is 14.2 Å². The lowest BCUT2D eigenvalue weighted by Crippen LogP contribution is -2.15. The van der Waals surface area contributed by atoms with Gasteiger partial charge in [0.1, 0.15) is 17.2 Å². The molecule has 28 heavy (non-hydrogen) atoms. The molecule has 4 heteroatoms. The fraction of sp³-hybridized carbons (Fsp3) is 0.417. The minimum absolute atomic E-state index is 0.382. The molecule has 1 radical (unpaired) electrons. The van der Waals surface area contributed by atoms with Gasteiger partial charge in [0.25, 0.3) is 0 Å². The van der Waals surface area contributed by atoms with Crippen LogP contribution in [0.2, 0.25) is 0 Å². The van der Waals surface area contributed by atoms with Crippen LogP contribution in [0.5, 0.6) is 17.2 Å². The van der Waals surface area contributed by atoms with Gasteiger partial charge in [-0.05, 0) is 93.0 Å². The average Bonchev–Trinajstić information content (AvgIpc) is 2.75. The minimum atomic E-state index is -0.382. The molecular weight excluding hydrogens is 352 g/mol. The smallest absolute Gasteiger partial charge is 0.343 e. The van der Waals surface area contributed by atoms with Crippen LogP contribution in [-0.2, 0) is 0 Å². The van der Waals surface area contributed by atoms with Gasteiger partial charge in [-0.3, -0.25) is 0 Å². The van der Waals surface area contributed by atoms with Crippen molar-refractivity contribution in [3.8, 4) is 17.2 Å². The maximum absolute atomic E-state index is 12.3. The molecule has 0 heterocycles. The van der Waals surface area contributed by atoms with Gasteiger partial charge in [-0.2, -0.15) is 0 Å². The van der Waals surface area contributed by atoms with Crippen LogP contribution in [0.15, 0.2) is 48.5 Å². The summed E-state index contributed by atoms with van der Waals surface area (Å²) < 4.78 is 16.9. The molecule has 4 nitrogen and oxygen atoms in total. The molecule has 3 rings (SSSR count). The highest BCUT2D eigenvalue weighted by molar-refractivity contribution is 5.91.